The van der Waals surface area contributed by atoms with E-state index in [0.717, 1.165) is 24.5 Å². The van der Waals surface area contributed by atoms with Crippen molar-refractivity contribution in [1.29, 1.82) is 0 Å². The summed E-state index contributed by atoms with van der Waals surface area (Å²) in [5.41, 5.74) is 0.938. The molecule has 16 heavy (non-hydrogen) atoms. The zero-order valence-electron chi connectivity index (χ0n) is 10.6. The molecule has 90 valence electrons. The van der Waals surface area contributed by atoms with Crippen molar-refractivity contribution in [2.24, 2.45) is 0 Å². The maximum Gasteiger partial charge on any atom is 0.137 e. The summed E-state index contributed by atoms with van der Waals surface area (Å²) in [6.45, 7) is 5.70. The molecule has 1 rings (SSSR count). The zero-order chi connectivity index (χ0) is 12.3. The van der Waals surface area contributed by atoms with Gasteiger partial charge in [0.05, 0.1) is 0 Å². The van der Waals surface area contributed by atoms with Crippen molar-refractivity contribution in [2.45, 2.75) is 13.8 Å². The fraction of sp³-hybridized carbons (Fsp3) is 0.636. The maximum absolute atomic E-state index is 6.04. The SMILES string of the molecule is Cc1nc(Cl)c(C)c(N(C)CCN(C)C)n1. The normalized spacial score (nSPS) is 10.9. The Labute approximate surface area is 102 Å². The van der Waals surface area contributed by atoms with Crippen LogP contribution in [0.1, 0.15) is 11.4 Å². The number of aryl methyl sites for hydroxylation is 1. The van der Waals surface area contributed by atoms with Gasteiger partial charge in [-0.2, -0.15) is 0 Å². The highest BCUT2D eigenvalue weighted by Gasteiger charge is 2.11. The molecule has 0 fully saturated rings. The number of anilines is 1. The van der Waals surface area contributed by atoms with Gasteiger partial charge < -0.3 is 9.80 Å². The van der Waals surface area contributed by atoms with Gasteiger partial charge in [-0.05, 0) is 27.9 Å². The maximum atomic E-state index is 6.04. The lowest BCUT2D eigenvalue weighted by Crippen LogP contribution is -2.29. The van der Waals surface area contributed by atoms with Crippen LogP contribution in [-0.4, -0.2) is 49.1 Å². The predicted octanol–water partition coefficient (Wildman–Crippen LogP) is 1.74. The molecule has 0 aromatic carbocycles. The van der Waals surface area contributed by atoms with Crippen molar-refractivity contribution < 1.29 is 0 Å². The quantitative estimate of drug-likeness (QED) is 0.753. The van der Waals surface area contributed by atoms with Crippen LogP contribution >= 0.6 is 11.6 Å². The second-order valence-corrected chi connectivity index (χ2v) is 4.59. The van der Waals surface area contributed by atoms with E-state index in [9.17, 15) is 0 Å². The number of likely N-dealkylation sites (N-methyl/N-ethyl adjacent to an activating group) is 2. The number of nitrogens with zero attached hydrogens (tertiary/aromatic N) is 4. The third kappa shape index (κ3) is 3.32. The molecule has 0 amide bonds. The van der Waals surface area contributed by atoms with Crippen LogP contribution in [-0.2, 0) is 0 Å². The van der Waals surface area contributed by atoms with E-state index in [0.29, 0.717) is 11.0 Å². The molecule has 0 unspecified atom stereocenters. The van der Waals surface area contributed by atoms with Crippen LogP contribution in [0.4, 0.5) is 5.82 Å². The van der Waals surface area contributed by atoms with Crippen LogP contribution < -0.4 is 4.90 Å². The predicted molar refractivity (Wildman–Crippen MR) is 68.3 cm³/mol. The zero-order valence-corrected chi connectivity index (χ0v) is 11.3. The number of aromatic nitrogens is 2. The van der Waals surface area contributed by atoms with Gasteiger partial charge in [0.25, 0.3) is 0 Å². The van der Waals surface area contributed by atoms with Crippen molar-refractivity contribution in [3.8, 4) is 0 Å². The highest BCUT2D eigenvalue weighted by Crippen LogP contribution is 2.22. The lowest BCUT2D eigenvalue weighted by Gasteiger charge is -2.22. The first-order valence-electron chi connectivity index (χ1n) is 5.28. The first-order valence-corrected chi connectivity index (χ1v) is 5.66. The minimum Gasteiger partial charge on any atom is -0.358 e. The van der Waals surface area contributed by atoms with E-state index in [1.807, 2.05) is 20.9 Å². The Morgan fingerprint density at radius 2 is 1.69 bits per heavy atom. The third-order valence-corrected chi connectivity index (χ3v) is 2.78. The van der Waals surface area contributed by atoms with Crippen molar-refractivity contribution in [2.75, 3.05) is 39.1 Å². The molecule has 1 aromatic rings. The van der Waals surface area contributed by atoms with Crippen molar-refractivity contribution in [3.63, 3.8) is 0 Å². The number of halogens is 1. The lowest BCUT2D eigenvalue weighted by molar-refractivity contribution is 0.416. The Bertz CT molecular complexity index is 365. The molecule has 0 radical (unpaired) electrons. The monoisotopic (exact) mass is 242 g/mol. The van der Waals surface area contributed by atoms with Gasteiger partial charge in [0.1, 0.15) is 16.8 Å². The number of hydrogen-bond donors (Lipinski definition) is 0. The van der Waals surface area contributed by atoms with E-state index < -0.39 is 0 Å². The van der Waals surface area contributed by atoms with E-state index in [-0.39, 0.29) is 0 Å². The molecule has 1 aromatic heterocycles. The third-order valence-electron chi connectivity index (χ3n) is 2.42. The summed E-state index contributed by atoms with van der Waals surface area (Å²) in [7, 11) is 6.13. The molecular formula is C11H19ClN4. The molecule has 1 heterocycles. The van der Waals surface area contributed by atoms with Crippen LogP contribution in [0.2, 0.25) is 5.15 Å². The van der Waals surface area contributed by atoms with E-state index in [1.54, 1.807) is 0 Å². The lowest BCUT2D eigenvalue weighted by atomic mass is 10.3. The fourth-order valence-corrected chi connectivity index (χ4v) is 1.61. The molecule has 0 aliphatic heterocycles. The summed E-state index contributed by atoms with van der Waals surface area (Å²) in [5.74, 6) is 1.63. The summed E-state index contributed by atoms with van der Waals surface area (Å²) in [4.78, 5) is 12.8. The summed E-state index contributed by atoms with van der Waals surface area (Å²) in [6.07, 6.45) is 0. The molecule has 4 nitrogen and oxygen atoms in total. The van der Waals surface area contributed by atoms with Crippen molar-refractivity contribution >= 4 is 17.4 Å². The fourth-order valence-electron chi connectivity index (χ4n) is 1.41. The molecule has 0 bridgehead atoms. The summed E-state index contributed by atoms with van der Waals surface area (Å²) in [6, 6.07) is 0. The molecule has 0 saturated heterocycles. The molecule has 0 aliphatic rings. The average molecular weight is 243 g/mol. The molecule has 0 spiro atoms. The largest absolute Gasteiger partial charge is 0.358 e. The molecule has 0 atom stereocenters. The van der Waals surface area contributed by atoms with E-state index in [2.05, 4.69) is 33.9 Å². The molecule has 0 saturated carbocycles. The Morgan fingerprint density at radius 1 is 1.06 bits per heavy atom. The topological polar surface area (TPSA) is 32.3 Å². The second-order valence-electron chi connectivity index (χ2n) is 4.24. The second kappa shape index (κ2) is 5.46. The summed E-state index contributed by atoms with van der Waals surface area (Å²) >= 11 is 6.04. The van der Waals surface area contributed by atoms with Gasteiger partial charge in [0.15, 0.2) is 0 Å². The Balaban J connectivity index is 2.86. The number of rotatable bonds is 4. The summed E-state index contributed by atoms with van der Waals surface area (Å²) in [5, 5.41) is 0.541. The Hall–Kier alpha value is -0.870. The van der Waals surface area contributed by atoms with Gasteiger partial charge in [-0.1, -0.05) is 11.6 Å². The highest BCUT2D eigenvalue weighted by atomic mass is 35.5. The molecule has 0 aliphatic carbocycles. The minimum absolute atomic E-state index is 0.541. The van der Waals surface area contributed by atoms with Crippen LogP contribution in [0, 0.1) is 13.8 Å². The van der Waals surface area contributed by atoms with Gasteiger partial charge in [-0.25, -0.2) is 9.97 Å². The van der Waals surface area contributed by atoms with Crippen molar-refractivity contribution in [1.82, 2.24) is 14.9 Å². The summed E-state index contributed by atoms with van der Waals surface area (Å²) < 4.78 is 0. The molecular weight excluding hydrogens is 224 g/mol. The Kier molecular flexibility index (Phi) is 4.50. The standard InChI is InChI=1S/C11H19ClN4/c1-8-10(12)13-9(2)14-11(8)16(5)7-6-15(3)4/h6-7H2,1-5H3. The smallest absolute Gasteiger partial charge is 0.137 e. The van der Waals surface area contributed by atoms with Crippen LogP contribution in [0.5, 0.6) is 0 Å². The van der Waals surface area contributed by atoms with Gasteiger partial charge in [0, 0.05) is 25.7 Å². The van der Waals surface area contributed by atoms with E-state index >= 15 is 0 Å². The first-order chi connectivity index (χ1) is 7.41. The first kappa shape index (κ1) is 13.2. The molecule has 5 heteroatoms. The van der Waals surface area contributed by atoms with Gasteiger partial charge in [-0.3, -0.25) is 0 Å². The van der Waals surface area contributed by atoms with Crippen molar-refractivity contribution in [3.05, 3.63) is 16.5 Å². The minimum atomic E-state index is 0.541. The van der Waals surface area contributed by atoms with Crippen LogP contribution in [0.3, 0.4) is 0 Å². The Morgan fingerprint density at radius 3 is 2.25 bits per heavy atom. The molecule has 0 N–H and O–H groups in total. The average Bonchev–Trinajstić information content (AvgIpc) is 2.19. The van der Waals surface area contributed by atoms with Gasteiger partial charge in [-0.15, -0.1) is 0 Å². The van der Waals surface area contributed by atoms with Crippen LogP contribution in [0.25, 0.3) is 0 Å². The van der Waals surface area contributed by atoms with Gasteiger partial charge in [0.2, 0.25) is 0 Å². The van der Waals surface area contributed by atoms with E-state index in [1.165, 1.54) is 0 Å². The number of hydrogen-bond acceptors (Lipinski definition) is 4. The van der Waals surface area contributed by atoms with Crippen LogP contribution in [0.15, 0.2) is 0 Å². The highest BCUT2D eigenvalue weighted by molar-refractivity contribution is 6.30. The van der Waals surface area contributed by atoms with E-state index in [4.69, 9.17) is 11.6 Å². The van der Waals surface area contributed by atoms with Gasteiger partial charge >= 0.3 is 0 Å².